The first-order valence-electron chi connectivity index (χ1n) is 8.53. The summed E-state index contributed by atoms with van der Waals surface area (Å²) >= 11 is 0. The Morgan fingerprint density at radius 1 is 1.15 bits per heavy atom. The summed E-state index contributed by atoms with van der Waals surface area (Å²) in [6, 6.07) is 7.39. The van der Waals surface area contributed by atoms with Crippen LogP contribution < -0.4 is 9.80 Å². The van der Waals surface area contributed by atoms with Gasteiger partial charge in [-0.2, -0.15) is 0 Å². The molecule has 0 spiro atoms. The third kappa shape index (κ3) is 4.11. The van der Waals surface area contributed by atoms with Crippen molar-refractivity contribution in [2.45, 2.75) is 13.2 Å². The number of nitrogens with zero attached hydrogens (tertiary/aromatic N) is 3. The second kappa shape index (κ2) is 8.62. The van der Waals surface area contributed by atoms with Crippen molar-refractivity contribution in [3.63, 3.8) is 0 Å². The van der Waals surface area contributed by atoms with Gasteiger partial charge in [0.25, 0.3) is 0 Å². The number of halogens is 1. The summed E-state index contributed by atoms with van der Waals surface area (Å²) in [5, 5.41) is 6.92. The van der Waals surface area contributed by atoms with Gasteiger partial charge in [-0.25, -0.2) is 4.39 Å². The topological polar surface area (TPSA) is 61.7 Å². The summed E-state index contributed by atoms with van der Waals surface area (Å²) in [5.41, 5.74) is 3.15. The molecule has 1 aliphatic heterocycles. The fourth-order valence-corrected chi connectivity index (χ4v) is 3.15. The smallest absolute Gasteiger partial charge is 0.167 e. The molecule has 0 unspecified atom stereocenters. The molecule has 0 aliphatic carbocycles. The van der Waals surface area contributed by atoms with E-state index >= 15 is 0 Å². The Balaban J connectivity index is 1.67. The van der Waals surface area contributed by atoms with Crippen molar-refractivity contribution < 1.29 is 13.9 Å². The lowest BCUT2D eigenvalue weighted by Crippen LogP contribution is -2.47. The maximum absolute atomic E-state index is 14.7. The van der Waals surface area contributed by atoms with Crippen LogP contribution >= 0.6 is 0 Å². The number of ether oxygens (including phenoxy) is 2. The van der Waals surface area contributed by atoms with Gasteiger partial charge in [-0.1, -0.05) is 12.1 Å². The van der Waals surface area contributed by atoms with E-state index in [0.29, 0.717) is 17.9 Å². The standard InChI is InChI=1S/C19H23FN4O2/c1-25-12-15-9-17(11-22-10-15)23-5-7-24(8-6-23)18-4-2-3-16(19(18)20)13-26-14-21/h2-4,9-11,14,21H,5-8,12-13H2,1H3. The van der Waals surface area contributed by atoms with E-state index in [1.54, 1.807) is 25.4 Å². The van der Waals surface area contributed by atoms with Gasteiger partial charge in [-0.3, -0.25) is 10.4 Å². The van der Waals surface area contributed by atoms with Crippen LogP contribution in [-0.4, -0.2) is 44.7 Å². The van der Waals surface area contributed by atoms with Crippen molar-refractivity contribution in [1.29, 1.82) is 5.41 Å². The van der Waals surface area contributed by atoms with E-state index in [2.05, 4.69) is 16.0 Å². The van der Waals surface area contributed by atoms with E-state index in [9.17, 15) is 4.39 Å². The Kier molecular flexibility index (Phi) is 6.01. The molecule has 1 aliphatic rings. The molecule has 6 nitrogen and oxygen atoms in total. The number of aromatic nitrogens is 1. The van der Waals surface area contributed by atoms with Crippen molar-refractivity contribution in [3.05, 3.63) is 53.6 Å². The third-order valence-electron chi connectivity index (χ3n) is 4.46. The van der Waals surface area contributed by atoms with E-state index in [-0.39, 0.29) is 12.4 Å². The Hall–Kier alpha value is -2.67. The summed E-state index contributed by atoms with van der Waals surface area (Å²) in [6.45, 7) is 3.63. The number of piperazine rings is 1. The quantitative estimate of drug-likeness (QED) is 0.609. The predicted molar refractivity (Wildman–Crippen MR) is 99.3 cm³/mol. The maximum atomic E-state index is 14.7. The van der Waals surface area contributed by atoms with Gasteiger partial charge in [-0.15, -0.1) is 0 Å². The first-order valence-corrected chi connectivity index (χ1v) is 8.53. The van der Waals surface area contributed by atoms with E-state index in [1.807, 2.05) is 17.2 Å². The average molecular weight is 358 g/mol. The minimum atomic E-state index is -0.272. The van der Waals surface area contributed by atoms with Crippen LogP contribution in [0.1, 0.15) is 11.1 Å². The molecule has 3 rings (SSSR count). The van der Waals surface area contributed by atoms with Crippen molar-refractivity contribution in [3.8, 4) is 0 Å². The lowest BCUT2D eigenvalue weighted by atomic mass is 10.1. The number of rotatable bonds is 7. The van der Waals surface area contributed by atoms with Crippen LogP contribution in [0.15, 0.2) is 36.7 Å². The van der Waals surface area contributed by atoms with Crippen LogP contribution in [0, 0.1) is 11.2 Å². The highest BCUT2D eigenvalue weighted by molar-refractivity contribution is 5.54. The van der Waals surface area contributed by atoms with Gasteiger partial charge in [0.05, 0.1) is 24.2 Å². The van der Waals surface area contributed by atoms with Crippen LogP contribution in [0.25, 0.3) is 0 Å². The number of benzene rings is 1. The van der Waals surface area contributed by atoms with Crippen molar-refractivity contribution >= 4 is 17.8 Å². The van der Waals surface area contributed by atoms with Crippen LogP contribution in [0.3, 0.4) is 0 Å². The number of methoxy groups -OCH3 is 1. The second-order valence-electron chi connectivity index (χ2n) is 6.14. The summed E-state index contributed by atoms with van der Waals surface area (Å²) < 4.78 is 24.8. The largest absolute Gasteiger partial charge is 0.479 e. The van der Waals surface area contributed by atoms with E-state index in [1.165, 1.54) is 0 Å². The Labute approximate surface area is 152 Å². The van der Waals surface area contributed by atoms with Gasteiger partial charge in [0.1, 0.15) is 6.61 Å². The highest BCUT2D eigenvalue weighted by Gasteiger charge is 2.21. The lowest BCUT2D eigenvalue weighted by Gasteiger charge is -2.37. The zero-order valence-electron chi connectivity index (χ0n) is 14.8. The summed E-state index contributed by atoms with van der Waals surface area (Å²) in [4.78, 5) is 8.58. The molecule has 0 bridgehead atoms. The zero-order valence-corrected chi connectivity index (χ0v) is 14.8. The van der Waals surface area contributed by atoms with Crippen LogP contribution in [0.4, 0.5) is 15.8 Å². The van der Waals surface area contributed by atoms with Crippen LogP contribution in [-0.2, 0) is 22.7 Å². The molecule has 0 atom stereocenters. The molecule has 2 aromatic rings. The molecule has 1 aromatic carbocycles. The molecule has 1 fully saturated rings. The molecule has 0 saturated carbocycles. The van der Waals surface area contributed by atoms with Crippen molar-refractivity contribution in [2.24, 2.45) is 0 Å². The molecular formula is C19H23FN4O2. The molecule has 7 heteroatoms. The minimum absolute atomic E-state index is 0.0705. The molecule has 2 heterocycles. The van der Waals surface area contributed by atoms with Gasteiger partial charge >= 0.3 is 0 Å². The second-order valence-corrected chi connectivity index (χ2v) is 6.14. The predicted octanol–water partition coefficient (Wildman–Crippen LogP) is 2.82. The molecular weight excluding hydrogens is 335 g/mol. The normalized spacial score (nSPS) is 14.4. The molecule has 138 valence electrons. The molecule has 26 heavy (non-hydrogen) atoms. The minimum Gasteiger partial charge on any atom is -0.479 e. The highest BCUT2D eigenvalue weighted by atomic mass is 19.1. The molecule has 0 radical (unpaired) electrons. The number of hydrogen-bond donors (Lipinski definition) is 1. The number of nitrogens with one attached hydrogen (secondary N) is 1. The Morgan fingerprint density at radius 3 is 2.65 bits per heavy atom. The SMILES string of the molecule is COCc1cncc(N2CCN(c3cccc(COC=N)c3F)CC2)c1. The van der Waals surface area contributed by atoms with Crippen molar-refractivity contribution in [2.75, 3.05) is 43.1 Å². The first kappa shape index (κ1) is 18.1. The monoisotopic (exact) mass is 358 g/mol. The summed E-state index contributed by atoms with van der Waals surface area (Å²) in [7, 11) is 1.67. The number of anilines is 2. The van der Waals surface area contributed by atoms with Gasteiger partial charge in [0.2, 0.25) is 0 Å². The molecule has 1 saturated heterocycles. The zero-order chi connectivity index (χ0) is 18.4. The first-order chi connectivity index (χ1) is 12.7. The number of hydrogen-bond acceptors (Lipinski definition) is 6. The summed E-state index contributed by atoms with van der Waals surface area (Å²) in [6.07, 6.45) is 4.49. The lowest BCUT2D eigenvalue weighted by molar-refractivity contribution is 0.184. The summed E-state index contributed by atoms with van der Waals surface area (Å²) in [5.74, 6) is -0.272. The Bertz CT molecular complexity index is 748. The van der Waals surface area contributed by atoms with Crippen molar-refractivity contribution in [1.82, 2.24) is 4.98 Å². The maximum Gasteiger partial charge on any atom is 0.167 e. The molecule has 1 aromatic heterocycles. The van der Waals surface area contributed by atoms with Gasteiger partial charge < -0.3 is 19.3 Å². The van der Waals surface area contributed by atoms with Gasteiger partial charge in [0, 0.05) is 45.0 Å². The van der Waals surface area contributed by atoms with E-state index in [0.717, 1.165) is 43.8 Å². The average Bonchev–Trinajstić information content (AvgIpc) is 2.68. The van der Waals surface area contributed by atoms with E-state index < -0.39 is 0 Å². The molecule has 1 N–H and O–H groups in total. The third-order valence-corrected chi connectivity index (χ3v) is 4.46. The molecule has 0 amide bonds. The van der Waals surface area contributed by atoms with Gasteiger partial charge in [-0.05, 0) is 17.7 Å². The van der Waals surface area contributed by atoms with Crippen LogP contribution in [0.5, 0.6) is 0 Å². The van der Waals surface area contributed by atoms with Gasteiger partial charge in [0.15, 0.2) is 12.2 Å². The Morgan fingerprint density at radius 2 is 1.92 bits per heavy atom. The van der Waals surface area contributed by atoms with Crippen LogP contribution in [0.2, 0.25) is 0 Å². The fraction of sp³-hybridized carbons (Fsp3) is 0.368. The highest BCUT2D eigenvalue weighted by Crippen LogP contribution is 2.25. The number of pyridine rings is 1. The fourth-order valence-electron chi connectivity index (χ4n) is 3.15. The van der Waals surface area contributed by atoms with E-state index in [4.69, 9.17) is 14.9 Å².